The fraction of sp³-hybridized carbons (Fsp3) is 0.364. The third kappa shape index (κ3) is 6.06. The second-order valence-electron chi connectivity index (χ2n) is 8.01. The maximum Gasteiger partial charge on any atom is 0.257 e. The molecule has 0 radical (unpaired) electrons. The van der Waals surface area contributed by atoms with Crippen LogP contribution in [0.15, 0.2) is 41.3 Å². The summed E-state index contributed by atoms with van der Waals surface area (Å²) >= 11 is 6.13. The van der Waals surface area contributed by atoms with Crippen molar-refractivity contribution in [3.63, 3.8) is 0 Å². The largest absolute Gasteiger partial charge is 0.352 e. The Balaban J connectivity index is 1.80. The minimum atomic E-state index is -3.99. The van der Waals surface area contributed by atoms with Gasteiger partial charge in [-0.25, -0.2) is 8.42 Å². The van der Waals surface area contributed by atoms with E-state index in [1.54, 1.807) is 12.1 Å². The predicted octanol–water partition coefficient (Wildman–Crippen LogP) is 2.96. The van der Waals surface area contributed by atoms with Gasteiger partial charge in [-0.1, -0.05) is 37.6 Å². The molecule has 0 unspecified atom stereocenters. The van der Waals surface area contributed by atoms with E-state index in [1.807, 2.05) is 26.0 Å². The highest BCUT2D eigenvalue weighted by atomic mass is 35.5. The summed E-state index contributed by atoms with van der Waals surface area (Å²) in [5.41, 5.74) is 5.21. The lowest BCUT2D eigenvalue weighted by Crippen LogP contribution is -2.41. The first-order valence-corrected chi connectivity index (χ1v) is 12.0. The molecule has 1 aliphatic rings. The number of nitrogens with one attached hydrogen (secondary N) is 3. The van der Waals surface area contributed by atoms with Crippen molar-refractivity contribution < 1.29 is 18.0 Å². The number of fused-ring (bicyclic) bond motifs is 1. The summed E-state index contributed by atoms with van der Waals surface area (Å²) in [5.74, 6) is -0.148. The van der Waals surface area contributed by atoms with Crippen LogP contribution in [-0.4, -0.2) is 26.8 Å². The van der Waals surface area contributed by atoms with Gasteiger partial charge >= 0.3 is 0 Å². The topological polar surface area (TPSA) is 104 Å². The van der Waals surface area contributed by atoms with Crippen molar-refractivity contribution in [1.82, 2.24) is 15.6 Å². The van der Waals surface area contributed by atoms with E-state index in [1.165, 1.54) is 12.1 Å². The van der Waals surface area contributed by atoms with Gasteiger partial charge in [0.05, 0.1) is 4.90 Å². The van der Waals surface area contributed by atoms with Crippen molar-refractivity contribution in [3.8, 4) is 0 Å². The van der Waals surface area contributed by atoms with Gasteiger partial charge in [0.15, 0.2) is 0 Å². The molecular weight excluding hydrogens is 438 g/mol. The quantitative estimate of drug-likeness (QED) is 0.523. The molecule has 2 amide bonds. The van der Waals surface area contributed by atoms with Gasteiger partial charge in [0, 0.05) is 23.6 Å². The lowest BCUT2D eigenvalue weighted by molar-refractivity contribution is -0.121. The molecule has 0 saturated heterocycles. The average molecular weight is 464 g/mol. The minimum absolute atomic E-state index is 0.0384. The van der Waals surface area contributed by atoms with Crippen molar-refractivity contribution in [2.75, 3.05) is 6.54 Å². The maximum atomic E-state index is 12.9. The van der Waals surface area contributed by atoms with Crippen LogP contribution in [0.1, 0.15) is 53.7 Å². The van der Waals surface area contributed by atoms with E-state index in [4.69, 9.17) is 11.6 Å². The number of sulfonamides is 1. The van der Waals surface area contributed by atoms with E-state index in [-0.39, 0.29) is 23.1 Å². The van der Waals surface area contributed by atoms with Crippen molar-refractivity contribution in [3.05, 3.63) is 63.7 Å². The molecule has 9 heteroatoms. The summed E-state index contributed by atoms with van der Waals surface area (Å²) in [5, 5.41) is 3.21. The SMILES string of the molecule is CC(C)CCC(=O)NNS(=O)(=O)c1ccc(Cl)cc1Cc1ccc2c(c1)CCNC2=O. The fourth-order valence-corrected chi connectivity index (χ4v) is 4.70. The standard InChI is InChI=1S/C22H26ClN3O4S/c1-14(2)3-8-21(27)25-26-31(29,30)20-7-5-18(23)13-17(20)12-15-4-6-19-16(11-15)9-10-24-22(19)28/h4-7,11,13-14,26H,3,8-10,12H2,1-2H3,(H,24,28)(H,25,27). The van der Waals surface area contributed by atoms with Gasteiger partial charge in [-0.05, 0) is 66.1 Å². The van der Waals surface area contributed by atoms with E-state index in [2.05, 4.69) is 15.6 Å². The zero-order chi connectivity index (χ0) is 22.6. The van der Waals surface area contributed by atoms with Crippen LogP contribution in [0.2, 0.25) is 5.02 Å². The molecule has 0 bridgehead atoms. The zero-order valence-electron chi connectivity index (χ0n) is 17.5. The molecule has 166 valence electrons. The van der Waals surface area contributed by atoms with Crippen molar-refractivity contribution in [2.24, 2.45) is 5.92 Å². The highest BCUT2D eigenvalue weighted by Gasteiger charge is 2.21. The number of halogens is 1. The van der Waals surface area contributed by atoms with E-state index < -0.39 is 10.0 Å². The number of carbonyl (C=O) groups excluding carboxylic acids is 2. The smallest absolute Gasteiger partial charge is 0.257 e. The first-order chi connectivity index (χ1) is 14.7. The first-order valence-electron chi connectivity index (χ1n) is 10.1. The van der Waals surface area contributed by atoms with Crippen LogP contribution < -0.4 is 15.6 Å². The molecule has 0 saturated carbocycles. The number of benzene rings is 2. The normalized spacial score (nSPS) is 13.6. The number of carbonyl (C=O) groups is 2. The number of hydrogen-bond donors (Lipinski definition) is 3. The van der Waals surface area contributed by atoms with Gasteiger partial charge in [0.1, 0.15) is 0 Å². The number of hydrogen-bond acceptors (Lipinski definition) is 4. The number of hydrazine groups is 1. The molecule has 3 rings (SSSR count). The molecule has 2 aromatic carbocycles. The van der Waals surface area contributed by atoms with E-state index >= 15 is 0 Å². The number of rotatable bonds is 8. The van der Waals surface area contributed by atoms with Gasteiger partial charge in [0.25, 0.3) is 15.9 Å². The van der Waals surface area contributed by atoms with Gasteiger partial charge in [-0.3, -0.25) is 15.0 Å². The van der Waals surface area contributed by atoms with Crippen molar-refractivity contribution in [2.45, 2.75) is 44.4 Å². The lowest BCUT2D eigenvalue weighted by atomic mass is 9.95. The van der Waals surface area contributed by atoms with Crippen LogP contribution in [0.5, 0.6) is 0 Å². The Labute approximate surface area is 187 Å². The Kier molecular flexibility index (Phi) is 7.35. The van der Waals surface area contributed by atoms with Gasteiger partial charge in [0.2, 0.25) is 5.91 Å². The predicted molar refractivity (Wildman–Crippen MR) is 119 cm³/mol. The molecule has 0 atom stereocenters. The molecule has 2 aromatic rings. The second-order valence-corrected chi connectivity index (χ2v) is 10.1. The highest BCUT2D eigenvalue weighted by Crippen LogP contribution is 2.25. The second kappa shape index (κ2) is 9.80. The van der Waals surface area contributed by atoms with Crippen LogP contribution in [0.4, 0.5) is 0 Å². The molecule has 1 heterocycles. The number of amides is 2. The summed E-state index contributed by atoms with van der Waals surface area (Å²) < 4.78 is 25.7. The Morgan fingerprint density at radius 1 is 1.19 bits per heavy atom. The molecule has 7 nitrogen and oxygen atoms in total. The summed E-state index contributed by atoms with van der Waals surface area (Å²) in [4.78, 5) is 26.1. The third-order valence-electron chi connectivity index (χ3n) is 5.07. The summed E-state index contributed by atoms with van der Waals surface area (Å²) in [7, 11) is -3.99. The molecule has 3 N–H and O–H groups in total. The molecule has 0 aromatic heterocycles. The molecular formula is C22H26ClN3O4S. The Morgan fingerprint density at radius 2 is 1.97 bits per heavy atom. The Hall–Kier alpha value is -2.42. The lowest BCUT2D eigenvalue weighted by Gasteiger charge is -2.18. The van der Waals surface area contributed by atoms with Crippen LogP contribution in [-0.2, 0) is 27.7 Å². The van der Waals surface area contributed by atoms with Crippen molar-refractivity contribution in [1.29, 1.82) is 0 Å². The van der Waals surface area contributed by atoms with Crippen molar-refractivity contribution >= 4 is 33.4 Å². The molecule has 31 heavy (non-hydrogen) atoms. The fourth-order valence-electron chi connectivity index (χ4n) is 3.42. The molecule has 0 aliphatic carbocycles. The van der Waals surface area contributed by atoms with E-state index in [9.17, 15) is 18.0 Å². The third-order valence-corrected chi connectivity index (χ3v) is 6.66. The van der Waals surface area contributed by atoms with Gasteiger partial charge in [-0.15, -0.1) is 4.83 Å². The van der Waals surface area contributed by atoms with E-state index in [0.717, 1.165) is 17.5 Å². The first kappa shape index (κ1) is 23.2. The molecule has 0 spiro atoms. The van der Waals surface area contributed by atoms with E-state index in [0.29, 0.717) is 41.5 Å². The molecule has 0 fully saturated rings. The molecule has 1 aliphatic heterocycles. The van der Waals surface area contributed by atoms with Crippen LogP contribution >= 0.6 is 11.6 Å². The Morgan fingerprint density at radius 3 is 2.71 bits per heavy atom. The minimum Gasteiger partial charge on any atom is -0.352 e. The van der Waals surface area contributed by atoms with Gasteiger partial charge < -0.3 is 5.32 Å². The van der Waals surface area contributed by atoms with Gasteiger partial charge in [-0.2, -0.15) is 0 Å². The zero-order valence-corrected chi connectivity index (χ0v) is 19.1. The van der Waals surface area contributed by atoms with Crippen LogP contribution in [0.25, 0.3) is 0 Å². The average Bonchev–Trinajstić information content (AvgIpc) is 2.71. The summed E-state index contributed by atoms with van der Waals surface area (Å²) in [6.07, 6.45) is 1.93. The highest BCUT2D eigenvalue weighted by molar-refractivity contribution is 7.89. The Bertz CT molecular complexity index is 1100. The monoisotopic (exact) mass is 463 g/mol. The summed E-state index contributed by atoms with van der Waals surface area (Å²) in [6, 6.07) is 10.0. The maximum absolute atomic E-state index is 12.9. The summed E-state index contributed by atoms with van der Waals surface area (Å²) in [6.45, 7) is 4.56. The van der Waals surface area contributed by atoms with Crippen LogP contribution in [0.3, 0.4) is 0 Å². The van der Waals surface area contributed by atoms with Crippen LogP contribution in [0, 0.1) is 5.92 Å².